The lowest BCUT2D eigenvalue weighted by molar-refractivity contribution is 0.332. The third-order valence-electron chi connectivity index (χ3n) is 21.1. The molecule has 4 heteroatoms. The van der Waals surface area contributed by atoms with Crippen LogP contribution >= 0.6 is 0 Å². The van der Waals surface area contributed by atoms with Crippen LogP contribution in [0.5, 0.6) is 0 Å². The first-order chi connectivity index (χ1) is 40.4. The van der Waals surface area contributed by atoms with Gasteiger partial charge < -0.3 is 14.7 Å². The summed E-state index contributed by atoms with van der Waals surface area (Å²) in [5.41, 5.74) is 27.0. The molecule has 0 amide bonds. The maximum absolute atomic E-state index is 9.55. The molecular formula is C80H92BN3. The van der Waals surface area contributed by atoms with Gasteiger partial charge >= 0.3 is 0 Å². The number of rotatable bonds is 5. The van der Waals surface area contributed by atoms with Crippen molar-refractivity contribution in [1.82, 2.24) is 0 Å². The predicted molar refractivity (Wildman–Crippen MR) is 364 cm³/mol. The number of fused-ring (bicyclic) bond motifs is 9. The summed E-state index contributed by atoms with van der Waals surface area (Å²) < 4.78 is 28.6. The summed E-state index contributed by atoms with van der Waals surface area (Å²) in [6.45, 7) is 42.2. The minimum absolute atomic E-state index is 0.0175. The highest BCUT2D eigenvalue weighted by atomic mass is 15.2. The lowest BCUT2D eigenvalue weighted by Crippen LogP contribution is -2.62. The van der Waals surface area contributed by atoms with Gasteiger partial charge in [-0.15, -0.1) is 0 Å². The Morgan fingerprint density at radius 2 is 0.940 bits per heavy atom. The van der Waals surface area contributed by atoms with Crippen LogP contribution in [0.25, 0.3) is 11.1 Å². The van der Waals surface area contributed by atoms with Gasteiger partial charge in [-0.25, -0.2) is 0 Å². The Morgan fingerprint density at radius 1 is 0.429 bits per heavy atom. The Bertz CT molecular complexity index is 4080. The van der Waals surface area contributed by atoms with Crippen molar-refractivity contribution in [1.29, 1.82) is 0 Å². The first kappa shape index (κ1) is 52.8. The van der Waals surface area contributed by atoms with Crippen molar-refractivity contribution < 1.29 is 4.11 Å². The molecule has 84 heavy (non-hydrogen) atoms. The number of anilines is 9. The summed E-state index contributed by atoms with van der Waals surface area (Å²) in [4.78, 5) is 7.45. The van der Waals surface area contributed by atoms with Gasteiger partial charge in [-0.3, -0.25) is 0 Å². The maximum Gasteiger partial charge on any atom is 0.252 e. The molecule has 8 aromatic rings. The Balaban J connectivity index is 1.18. The summed E-state index contributed by atoms with van der Waals surface area (Å²) >= 11 is 0. The fraction of sp³-hybridized carbons (Fsp3) is 0.400. The van der Waals surface area contributed by atoms with Gasteiger partial charge in [0.1, 0.15) is 0 Å². The van der Waals surface area contributed by atoms with E-state index in [1.807, 2.05) is 0 Å². The molecule has 0 bridgehead atoms. The van der Waals surface area contributed by atoms with Crippen molar-refractivity contribution in [3.05, 3.63) is 201 Å². The Labute approximate surface area is 510 Å². The minimum atomic E-state index is -2.44. The normalized spacial score (nSPS) is 18.9. The van der Waals surface area contributed by atoms with Gasteiger partial charge in [0.2, 0.25) is 0 Å². The predicted octanol–water partition coefficient (Wildman–Crippen LogP) is 20.4. The standard InChI is InChI=1S/C80H92BN3/c1-49-43-68-72-69(44-49)84(65-38-36-59(75(8,9)10)71-70(65)56-23-21-22-24-57(56)80(71,19)20)66-46-55(82(52-29-25-50(26-30-52)73(2,3)4)53-31-27-51(28-32-53)74(5,6)7)34-37-63(66)81(72)64-47-61-62(79(17,18)42-41-78(61,15)16)48-67(64)83(68)54-33-35-58-60(45-54)77(13,14)40-39-76(58,11)12/h21-38,43-48H,39-42H2,1-20H3/i1D3. The topological polar surface area (TPSA) is 9.72 Å². The third kappa shape index (κ3) is 8.62. The zero-order chi connectivity index (χ0) is 62.5. The van der Waals surface area contributed by atoms with E-state index < -0.39 is 6.85 Å². The van der Waals surface area contributed by atoms with Crippen LogP contribution in [0.1, 0.15) is 217 Å². The van der Waals surface area contributed by atoms with Crippen molar-refractivity contribution >= 4 is 74.3 Å². The van der Waals surface area contributed by atoms with E-state index in [-0.39, 0.29) is 50.0 Å². The third-order valence-corrected chi connectivity index (χ3v) is 21.1. The Morgan fingerprint density at radius 3 is 1.50 bits per heavy atom. The van der Waals surface area contributed by atoms with Crippen molar-refractivity contribution in [2.45, 2.75) is 207 Å². The first-order valence-electron chi connectivity index (χ1n) is 33.0. The van der Waals surface area contributed by atoms with Crippen LogP contribution in [-0.4, -0.2) is 6.71 Å². The molecule has 3 aliphatic carbocycles. The van der Waals surface area contributed by atoms with Crippen LogP contribution in [0.4, 0.5) is 51.2 Å². The van der Waals surface area contributed by atoms with Crippen LogP contribution in [0, 0.1) is 6.85 Å². The van der Waals surface area contributed by atoms with Gasteiger partial charge in [-0.05, 0) is 221 Å². The molecule has 0 atom stereocenters. The molecule has 0 radical (unpaired) electrons. The number of aryl methyl sites for hydroxylation is 1. The number of hydrogen-bond donors (Lipinski definition) is 0. The Kier molecular flexibility index (Phi) is 11.5. The fourth-order valence-corrected chi connectivity index (χ4v) is 15.8. The first-order valence-corrected chi connectivity index (χ1v) is 31.5. The molecule has 0 unspecified atom stereocenters. The molecule has 0 saturated heterocycles. The van der Waals surface area contributed by atoms with Gasteiger partial charge in [0.25, 0.3) is 6.71 Å². The summed E-state index contributed by atoms with van der Waals surface area (Å²) in [5.74, 6) is 0. The van der Waals surface area contributed by atoms with Crippen molar-refractivity contribution in [2.24, 2.45) is 0 Å². The van der Waals surface area contributed by atoms with E-state index in [4.69, 9.17) is 0 Å². The Hall–Kier alpha value is -6.78. The van der Waals surface area contributed by atoms with Gasteiger partial charge in [-0.2, -0.15) is 0 Å². The van der Waals surface area contributed by atoms with Crippen LogP contribution in [0.2, 0.25) is 0 Å². The quantitative estimate of drug-likeness (QED) is 0.159. The van der Waals surface area contributed by atoms with Gasteiger partial charge in [0.05, 0.1) is 5.69 Å². The van der Waals surface area contributed by atoms with Gasteiger partial charge in [-0.1, -0.05) is 204 Å². The van der Waals surface area contributed by atoms with Crippen LogP contribution in [0.15, 0.2) is 146 Å². The van der Waals surface area contributed by atoms with Crippen LogP contribution < -0.4 is 31.1 Å². The van der Waals surface area contributed by atoms with Gasteiger partial charge in [0.15, 0.2) is 0 Å². The number of hydrogen-bond acceptors (Lipinski definition) is 3. The molecule has 0 fully saturated rings. The zero-order valence-electron chi connectivity index (χ0n) is 57.1. The van der Waals surface area contributed by atoms with Crippen LogP contribution in [0.3, 0.4) is 0 Å². The van der Waals surface area contributed by atoms with Gasteiger partial charge in [0, 0.05) is 60.6 Å². The molecule has 0 saturated carbocycles. The average Bonchev–Trinajstić information content (AvgIpc) is 1.51. The molecule has 2 heterocycles. The largest absolute Gasteiger partial charge is 0.311 e. The van der Waals surface area contributed by atoms with E-state index in [0.29, 0.717) is 5.56 Å². The van der Waals surface area contributed by atoms with E-state index in [0.717, 1.165) is 82.3 Å². The summed E-state index contributed by atoms with van der Waals surface area (Å²) in [5, 5.41) is 0. The zero-order valence-corrected chi connectivity index (χ0v) is 54.1. The highest BCUT2D eigenvalue weighted by Crippen LogP contribution is 2.59. The minimum Gasteiger partial charge on any atom is -0.311 e. The lowest BCUT2D eigenvalue weighted by Gasteiger charge is -2.48. The van der Waals surface area contributed by atoms with E-state index in [1.165, 1.54) is 72.1 Å². The second-order valence-electron chi connectivity index (χ2n) is 32.2. The van der Waals surface area contributed by atoms with E-state index >= 15 is 0 Å². The summed E-state index contributed by atoms with van der Waals surface area (Å²) in [7, 11) is 0. The molecule has 2 aliphatic heterocycles. The van der Waals surface area contributed by atoms with E-state index in [9.17, 15) is 4.11 Å². The van der Waals surface area contributed by atoms with Crippen molar-refractivity contribution in [3.8, 4) is 11.1 Å². The number of nitrogens with zero attached hydrogens (tertiary/aromatic N) is 3. The lowest BCUT2D eigenvalue weighted by atomic mass is 9.33. The molecule has 430 valence electrons. The monoisotopic (exact) mass is 1110 g/mol. The highest BCUT2D eigenvalue weighted by molar-refractivity contribution is 7.00. The molecule has 0 spiro atoms. The van der Waals surface area contributed by atoms with Crippen molar-refractivity contribution in [3.63, 3.8) is 0 Å². The SMILES string of the molecule is [2H]C([2H])([2H])c1cc2c3c(c1)N(c1ccc(C(C)(C)C)c4c1-c1ccccc1C4(C)C)c1cc(N(c4ccc(C(C)(C)C)cc4)c4ccc(C(C)(C)C)cc4)ccc1B3c1cc3c(cc1N2c1ccc2c(c1)C(C)(C)CCC2(C)C)C(C)(C)CCC3(C)C. The molecule has 13 rings (SSSR count). The second-order valence-corrected chi connectivity index (χ2v) is 32.2. The molecule has 3 nitrogen and oxygen atoms in total. The molecule has 0 aromatic heterocycles. The molecule has 0 N–H and O–H groups in total. The average molecular weight is 1110 g/mol. The number of benzene rings is 8. The highest BCUT2D eigenvalue weighted by Gasteiger charge is 2.49. The summed E-state index contributed by atoms with van der Waals surface area (Å²) in [6, 6.07) is 55.9. The smallest absolute Gasteiger partial charge is 0.252 e. The summed E-state index contributed by atoms with van der Waals surface area (Å²) in [6.07, 6.45) is 4.37. The van der Waals surface area contributed by atoms with Crippen molar-refractivity contribution in [2.75, 3.05) is 14.7 Å². The van der Waals surface area contributed by atoms with E-state index in [2.05, 4.69) is 292 Å². The molecule has 8 aromatic carbocycles. The van der Waals surface area contributed by atoms with Crippen LogP contribution in [-0.2, 0) is 43.3 Å². The fourth-order valence-electron chi connectivity index (χ4n) is 15.8. The van der Waals surface area contributed by atoms with E-state index in [1.54, 1.807) is 0 Å². The second kappa shape index (κ2) is 18.4. The molecular weight excluding hydrogens is 1010 g/mol. The maximum atomic E-state index is 9.55. The molecule has 5 aliphatic rings.